The predicted octanol–water partition coefficient (Wildman–Crippen LogP) is 1.73. The summed E-state index contributed by atoms with van der Waals surface area (Å²) in [5, 5.41) is 2.94. The number of carbonyl (C=O) groups excluding carboxylic acids is 2. The highest BCUT2D eigenvalue weighted by Gasteiger charge is 2.32. The van der Waals surface area contributed by atoms with E-state index in [2.05, 4.69) is 5.32 Å². The Morgan fingerprint density at radius 2 is 1.60 bits per heavy atom. The molecule has 1 fully saturated rings. The molecule has 0 saturated carbocycles. The summed E-state index contributed by atoms with van der Waals surface area (Å²) in [5.74, 6) is -0.0928. The SMILES string of the molecule is CN(C)C(=O)Cc1ccc(NC(=O)C(c2ccccc2)N2CCS(=O)(=O)CC2)cc1. The number of hydrogen-bond donors (Lipinski definition) is 1. The first-order valence-corrected chi connectivity index (χ1v) is 11.7. The van der Waals surface area contributed by atoms with Crippen LogP contribution in [0, 0.1) is 0 Å². The molecular formula is C22H27N3O4S. The molecule has 3 rings (SSSR count). The van der Waals surface area contributed by atoms with E-state index in [9.17, 15) is 18.0 Å². The monoisotopic (exact) mass is 429 g/mol. The summed E-state index contributed by atoms with van der Waals surface area (Å²) < 4.78 is 23.6. The van der Waals surface area contributed by atoms with Crippen molar-refractivity contribution in [3.63, 3.8) is 0 Å². The Morgan fingerprint density at radius 3 is 2.17 bits per heavy atom. The number of anilines is 1. The molecule has 0 radical (unpaired) electrons. The number of hydrogen-bond acceptors (Lipinski definition) is 5. The first kappa shape index (κ1) is 22.0. The summed E-state index contributed by atoms with van der Waals surface area (Å²) in [6.07, 6.45) is 0.302. The lowest BCUT2D eigenvalue weighted by Gasteiger charge is -2.33. The third-order valence-corrected chi connectivity index (χ3v) is 6.79. The van der Waals surface area contributed by atoms with Crippen molar-refractivity contribution in [1.82, 2.24) is 9.80 Å². The fourth-order valence-corrected chi connectivity index (χ4v) is 4.63. The number of sulfone groups is 1. The van der Waals surface area contributed by atoms with Crippen molar-refractivity contribution in [2.24, 2.45) is 0 Å². The molecule has 0 aliphatic carbocycles. The Hall–Kier alpha value is -2.71. The maximum absolute atomic E-state index is 13.2. The van der Waals surface area contributed by atoms with Crippen molar-refractivity contribution in [2.45, 2.75) is 12.5 Å². The van der Waals surface area contributed by atoms with E-state index >= 15 is 0 Å². The number of nitrogens with zero attached hydrogens (tertiary/aromatic N) is 2. The average molecular weight is 430 g/mol. The quantitative estimate of drug-likeness (QED) is 0.756. The summed E-state index contributed by atoms with van der Waals surface area (Å²) in [5.41, 5.74) is 2.32. The van der Waals surface area contributed by atoms with Crippen LogP contribution >= 0.6 is 0 Å². The van der Waals surface area contributed by atoms with Gasteiger partial charge in [-0.15, -0.1) is 0 Å². The highest BCUT2D eigenvalue weighted by molar-refractivity contribution is 7.91. The lowest BCUT2D eigenvalue weighted by Crippen LogP contribution is -2.46. The van der Waals surface area contributed by atoms with Gasteiger partial charge in [-0.05, 0) is 23.3 Å². The summed E-state index contributed by atoms with van der Waals surface area (Å²) in [6.45, 7) is 0.641. The lowest BCUT2D eigenvalue weighted by molar-refractivity contribution is -0.128. The van der Waals surface area contributed by atoms with Crippen molar-refractivity contribution in [3.05, 3.63) is 65.7 Å². The second kappa shape index (κ2) is 9.40. The summed E-state index contributed by atoms with van der Waals surface area (Å²) >= 11 is 0. The molecule has 30 heavy (non-hydrogen) atoms. The zero-order valence-corrected chi connectivity index (χ0v) is 18.1. The smallest absolute Gasteiger partial charge is 0.246 e. The number of amides is 2. The van der Waals surface area contributed by atoms with E-state index in [1.807, 2.05) is 47.4 Å². The molecule has 1 saturated heterocycles. The van der Waals surface area contributed by atoms with E-state index in [-0.39, 0.29) is 23.3 Å². The molecule has 8 heteroatoms. The third kappa shape index (κ3) is 5.67. The molecule has 1 atom stereocenters. The molecule has 2 aromatic rings. The summed E-state index contributed by atoms with van der Waals surface area (Å²) in [6, 6.07) is 16.0. The Kier molecular flexibility index (Phi) is 6.89. The minimum absolute atomic E-state index is 0.0102. The van der Waals surface area contributed by atoms with E-state index in [1.54, 1.807) is 31.1 Å². The van der Waals surface area contributed by atoms with Gasteiger partial charge in [0, 0.05) is 32.9 Å². The van der Waals surface area contributed by atoms with Gasteiger partial charge in [0.15, 0.2) is 9.84 Å². The van der Waals surface area contributed by atoms with Crippen LogP contribution < -0.4 is 5.32 Å². The van der Waals surface area contributed by atoms with Gasteiger partial charge in [0.05, 0.1) is 17.9 Å². The Morgan fingerprint density at radius 1 is 1.00 bits per heavy atom. The Labute approximate surface area is 177 Å². The first-order valence-electron chi connectivity index (χ1n) is 9.84. The molecule has 0 bridgehead atoms. The Bertz CT molecular complexity index is 975. The van der Waals surface area contributed by atoms with Gasteiger partial charge in [0.1, 0.15) is 6.04 Å². The van der Waals surface area contributed by atoms with Crippen molar-refractivity contribution >= 4 is 27.3 Å². The predicted molar refractivity (Wildman–Crippen MR) is 117 cm³/mol. The molecule has 0 spiro atoms. The van der Waals surface area contributed by atoms with Crippen LogP contribution in [-0.4, -0.2) is 68.7 Å². The Balaban J connectivity index is 1.74. The molecule has 1 unspecified atom stereocenters. The van der Waals surface area contributed by atoms with Crippen LogP contribution in [0.3, 0.4) is 0 Å². The second-order valence-corrected chi connectivity index (χ2v) is 9.96. The standard InChI is InChI=1S/C22H27N3O4S/c1-24(2)20(26)16-17-8-10-19(11-9-17)23-22(27)21(18-6-4-3-5-7-18)25-12-14-30(28,29)15-13-25/h3-11,21H,12-16H2,1-2H3,(H,23,27). The molecule has 0 aromatic heterocycles. The van der Waals surface area contributed by atoms with E-state index in [4.69, 9.17) is 0 Å². The van der Waals surface area contributed by atoms with Crippen molar-refractivity contribution in [2.75, 3.05) is 44.0 Å². The van der Waals surface area contributed by atoms with Crippen molar-refractivity contribution in [1.29, 1.82) is 0 Å². The topological polar surface area (TPSA) is 86.8 Å². The zero-order valence-electron chi connectivity index (χ0n) is 17.2. The van der Waals surface area contributed by atoms with Crippen molar-refractivity contribution in [3.8, 4) is 0 Å². The second-order valence-electron chi connectivity index (χ2n) is 7.65. The molecule has 2 aromatic carbocycles. The van der Waals surface area contributed by atoms with Crippen LogP contribution in [0.1, 0.15) is 17.2 Å². The van der Waals surface area contributed by atoms with Gasteiger partial charge in [0.2, 0.25) is 11.8 Å². The number of benzene rings is 2. The maximum Gasteiger partial charge on any atom is 0.246 e. The molecular weight excluding hydrogens is 402 g/mol. The highest BCUT2D eigenvalue weighted by atomic mass is 32.2. The summed E-state index contributed by atoms with van der Waals surface area (Å²) in [4.78, 5) is 28.5. The largest absolute Gasteiger partial charge is 0.349 e. The molecule has 1 heterocycles. The van der Waals surface area contributed by atoms with Crippen LogP contribution in [-0.2, 0) is 25.8 Å². The molecule has 2 amide bonds. The van der Waals surface area contributed by atoms with Gasteiger partial charge in [-0.25, -0.2) is 8.42 Å². The number of carbonyl (C=O) groups is 2. The van der Waals surface area contributed by atoms with Crippen LogP contribution in [0.5, 0.6) is 0 Å². The third-order valence-electron chi connectivity index (χ3n) is 5.18. The van der Waals surface area contributed by atoms with E-state index in [1.165, 1.54) is 0 Å². The van der Waals surface area contributed by atoms with Gasteiger partial charge >= 0.3 is 0 Å². The van der Waals surface area contributed by atoms with Crippen LogP contribution in [0.2, 0.25) is 0 Å². The highest BCUT2D eigenvalue weighted by Crippen LogP contribution is 2.25. The fourth-order valence-electron chi connectivity index (χ4n) is 3.40. The van der Waals surface area contributed by atoms with E-state index in [0.717, 1.165) is 11.1 Å². The number of nitrogens with one attached hydrogen (secondary N) is 1. The average Bonchev–Trinajstić information content (AvgIpc) is 2.71. The molecule has 7 nitrogen and oxygen atoms in total. The lowest BCUT2D eigenvalue weighted by atomic mass is 10.0. The van der Waals surface area contributed by atoms with Gasteiger partial charge < -0.3 is 10.2 Å². The zero-order chi connectivity index (χ0) is 21.7. The van der Waals surface area contributed by atoms with Crippen LogP contribution in [0.25, 0.3) is 0 Å². The minimum Gasteiger partial charge on any atom is -0.349 e. The normalized spacial score (nSPS) is 17.1. The molecule has 160 valence electrons. The van der Waals surface area contributed by atoms with E-state index < -0.39 is 15.9 Å². The minimum atomic E-state index is -3.04. The van der Waals surface area contributed by atoms with Gasteiger partial charge in [-0.2, -0.15) is 0 Å². The number of rotatable bonds is 6. The molecule has 1 N–H and O–H groups in total. The first-order chi connectivity index (χ1) is 14.2. The van der Waals surface area contributed by atoms with Gasteiger partial charge in [0.25, 0.3) is 0 Å². The molecule has 1 aliphatic heterocycles. The van der Waals surface area contributed by atoms with Crippen molar-refractivity contribution < 1.29 is 18.0 Å². The summed E-state index contributed by atoms with van der Waals surface area (Å²) in [7, 11) is 0.388. The van der Waals surface area contributed by atoms with E-state index in [0.29, 0.717) is 25.2 Å². The van der Waals surface area contributed by atoms with Crippen LogP contribution in [0.4, 0.5) is 5.69 Å². The molecule has 1 aliphatic rings. The number of likely N-dealkylation sites (N-methyl/N-ethyl adjacent to an activating group) is 1. The van der Waals surface area contributed by atoms with Crippen LogP contribution in [0.15, 0.2) is 54.6 Å². The van der Waals surface area contributed by atoms with Gasteiger partial charge in [-0.3, -0.25) is 14.5 Å². The fraction of sp³-hybridized carbons (Fsp3) is 0.364. The maximum atomic E-state index is 13.2. The van der Waals surface area contributed by atoms with Gasteiger partial charge in [-0.1, -0.05) is 42.5 Å².